The molecular weight excluding hydrogens is 412 g/mol. The molecule has 0 N–H and O–H groups in total. The van der Waals surface area contributed by atoms with Gasteiger partial charge < -0.3 is 14.4 Å². The van der Waals surface area contributed by atoms with Crippen LogP contribution in [0.25, 0.3) is 5.69 Å². The Morgan fingerprint density at radius 1 is 1.00 bits per heavy atom. The first-order valence-electron chi connectivity index (χ1n) is 10.3. The number of piperidine rings is 1. The molecule has 0 spiro atoms. The number of thioether (sulfide) groups is 1. The van der Waals surface area contributed by atoms with Crippen molar-refractivity contribution in [3.8, 4) is 17.2 Å². The quantitative estimate of drug-likeness (QED) is 0.385. The lowest BCUT2D eigenvalue weighted by Gasteiger charge is -2.27. The molecule has 8 heteroatoms. The maximum absolute atomic E-state index is 12.9. The highest BCUT2D eigenvalue weighted by Crippen LogP contribution is 2.30. The molecule has 7 nitrogen and oxygen atoms in total. The Balaban J connectivity index is 1.59. The number of hydrogen-bond acceptors (Lipinski definition) is 7. The van der Waals surface area contributed by atoms with Gasteiger partial charge in [-0.1, -0.05) is 30.0 Å². The number of ether oxygens (including phenoxy) is 2. The van der Waals surface area contributed by atoms with Crippen molar-refractivity contribution in [2.45, 2.75) is 24.4 Å². The van der Waals surface area contributed by atoms with Gasteiger partial charge in [0.25, 0.3) is 0 Å². The average Bonchev–Trinajstić information content (AvgIpc) is 3.27. The second kappa shape index (κ2) is 9.87. The molecular formula is C23H26N4O3S. The van der Waals surface area contributed by atoms with Crippen LogP contribution in [0.4, 0.5) is 5.95 Å². The van der Waals surface area contributed by atoms with E-state index in [9.17, 15) is 4.79 Å². The molecule has 0 saturated carbocycles. The van der Waals surface area contributed by atoms with E-state index >= 15 is 0 Å². The van der Waals surface area contributed by atoms with Crippen LogP contribution in [0.3, 0.4) is 0 Å². The fourth-order valence-electron chi connectivity index (χ4n) is 3.69. The average molecular weight is 439 g/mol. The number of benzene rings is 2. The Hall–Kier alpha value is -3.00. The molecule has 0 unspecified atom stereocenters. The van der Waals surface area contributed by atoms with Crippen LogP contribution in [0.5, 0.6) is 11.5 Å². The lowest BCUT2D eigenvalue weighted by molar-refractivity contribution is 0.101. The van der Waals surface area contributed by atoms with Crippen molar-refractivity contribution in [3.05, 3.63) is 54.1 Å². The fourth-order valence-corrected chi connectivity index (χ4v) is 4.52. The minimum atomic E-state index is -0.0355. The summed E-state index contributed by atoms with van der Waals surface area (Å²) >= 11 is 1.39. The Bertz CT molecular complexity index is 1030. The Kier molecular flexibility index (Phi) is 6.76. The number of para-hydroxylation sites is 1. The number of hydrogen-bond donors (Lipinski definition) is 0. The van der Waals surface area contributed by atoms with E-state index in [1.54, 1.807) is 32.4 Å². The van der Waals surface area contributed by atoms with Crippen LogP contribution in [-0.2, 0) is 0 Å². The molecule has 1 saturated heterocycles. The molecule has 0 radical (unpaired) electrons. The number of rotatable bonds is 8. The number of aromatic nitrogens is 3. The third-order valence-corrected chi connectivity index (χ3v) is 6.24. The van der Waals surface area contributed by atoms with Gasteiger partial charge in [0, 0.05) is 19.2 Å². The number of methoxy groups -OCH3 is 2. The van der Waals surface area contributed by atoms with Crippen molar-refractivity contribution in [1.82, 2.24) is 14.8 Å². The van der Waals surface area contributed by atoms with Gasteiger partial charge in [-0.3, -0.25) is 9.36 Å². The van der Waals surface area contributed by atoms with E-state index in [0.29, 0.717) is 22.2 Å². The van der Waals surface area contributed by atoms with Gasteiger partial charge in [-0.15, -0.1) is 10.2 Å². The summed E-state index contributed by atoms with van der Waals surface area (Å²) in [6.07, 6.45) is 3.55. The lowest BCUT2D eigenvalue weighted by Crippen LogP contribution is -2.31. The topological polar surface area (TPSA) is 69.5 Å². The van der Waals surface area contributed by atoms with Gasteiger partial charge in [0.05, 0.1) is 31.2 Å². The van der Waals surface area contributed by atoms with Gasteiger partial charge in [0.15, 0.2) is 10.9 Å². The van der Waals surface area contributed by atoms with Crippen molar-refractivity contribution in [2.24, 2.45) is 0 Å². The Morgan fingerprint density at radius 3 is 2.48 bits per heavy atom. The summed E-state index contributed by atoms with van der Waals surface area (Å²) in [4.78, 5) is 15.2. The number of anilines is 1. The number of carbonyl (C=O) groups excluding carboxylic acids is 1. The molecule has 31 heavy (non-hydrogen) atoms. The zero-order valence-electron chi connectivity index (χ0n) is 17.8. The largest absolute Gasteiger partial charge is 0.497 e. The Labute approximate surface area is 186 Å². The van der Waals surface area contributed by atoms with Gasteiger partial charge in [0.1, 0.15) is 11.5 Å². The van der Waals surface area contributed by atoms with Crippen molar-refractivity contribution in [1.29, 1.82) is 0 Å². The molecule has 1 aliphatic rings. The molecule has 1 aliphatic heterocycles. The zero-order valence-corrected chi connectivity index (χ0v) is 18.6. The molecule has 3 aromatic rings. The standard InChI is InChI=1S/C23H26N4O3S/c1-29-18-11-12-19(21(15-18)30-2)20(28)16-31-23-25-24-22(26-13-7-4-8-14-26)27(23)17-9-5-3-6-10-17/h3,5-6,9-12,15H,4,7-8,13-14,16H2,1-2H3. The SMILES string of the molecule is COc1ccc(C(=O)CSc2nnc(N3CCCCC3)n2-c2ccccc2)c(OC)c1. The van der Waals surface area contributed by atoms with Crippen molar-refractivity contribution >= 4 is 23.5 Å². The number of nitrogens with zero attached hydrogens (tertiary/aromatic N) is 4. The maximum Gasteiger partial charge on any atom is 0.232 e. The van der Waals surface area contributed by atoms with E-state index in [1.165, 1.54) is 18.2 Å². The van der Waals surface area contributed by atoms with Gasteiger partial charge in [0.2, 0.25) is 5.95 Å². The predicted octanol–water partition coefficient (Wildman–Crippen LogP) is 4.25. The minimum Gasteiger partial charge on any atom is -0.497 e. The maximum atomic E-state index is 12.9. The van der Waals surface area contributed by atoms with Crippen LogP contribution in [0.1, 0.15) is 29.6 Å². The van der Waals surface area contributed by atoms with Gasteiger partial charge in [-0.05, 0) is 43.5 Å². The van der Waals surface area contributed by atoms with Crippen LogP contribution in [0, 0.1) is 0 Å². The van der Waals surface area contributed by atoms with Crippen molar-refractivity contribution in [3.63, 3.8) is 0 Å². The summed E-state index contributed by atoms with van der Waals surface area (Å²) in [5, 5.41) is 9.62. The van der Waals surface area contributed by atoms with Crippen LogP contribution < -0.4 is 14.4 Å². The second-order valence-electron chi connectivity index (χ2n) is 7.28. The van der Waals surface area contributed by atoms with Crippen LogP contribution in [0.15, 0.2) is 53.7 Å². The summed E-state index contributed by atoms with van der Waals surface area (Å²) in [5.41, 5.74) is 1.52. The number of carbonyl (C=O) groups is 1. The summed E-state index contributed by atoms with van der Waals surface area (Å²) in [5.74, 6) is 2.18. The fraction of sp³-hybridized carbons (Fsp3) is 0.348. The third-order valence-electron chi connectivity index (χ3n) is 5.31. The predicted molar refractivity (Wildman–Crippen MR) is 122 cm³/mol. The van der Waals surface area contributed by atoms with Crippen molar-refractivity contribution < 1.29 is 14.3 Å². The molecule has 162 valence electrons. The summed E-state index contributed by atoms with van der Waals surface area (Å²) < 4.78 is 12.7. The molecule has 4 rings (SSSR count). The number of Topliss-reactive ketones (excluding diaryl/α,β-unsaturated/α-hetero) is 1. The number of ketones is 1. The van der Waals surface area contributed by atoms with Gasteiger partial charge in [-0.2, -0.15) is 0 Å². The van der Waals surface area contributed by atoms with Crippen LogP contribution >= 0.6 is 11.8 Å². The normalized spacial score (nSPS) is 13.8. The van der Waals surface area contributed by atoms with E-state index in [1.807, 2.05) is 30.3 Å². The van der Waals surface area contributed by atoms with E-state index in [0.717, 1.165) is 37.6 Å². The monoisotopic (exact) mass is 438 g/mol. The summed E-state index contributed by atoms with van der Waals surface area (Å²) in [6, 6.07) is 15.3. The second-order valence-corrected chi connectivity index (χ2v) is 8.22. The minimum absolute atomic E-state index is 0.0355. The summed E-state index contributed by atoms with van der Waals surface area (Å²) in [6.45, 7) is 1.94. The third kappa shape index (κ3) is 4.69. The van der Waals surface area contributed by atoms with Crippen LogP contribution in [-0.4, -0.2) is 53.6 Å². The lowest BCUT2D eigenvalue weighted by atomic mass is 10.1. The molecule has 2 aromatic carbocycles. The molecule has 0 amide bonds. The van der Waals surface area contributed by atoms with E-state index in [4.69, 9.17) is 9.47 Å². The first-order chi connectivity index (χ1) is 15.2. The van der Waals surface area contributed by atoms with E-state index in [-0.39, 0.29) is 11.5 Å². The molecule has 0 aliphatic carbocycles. The zero-order chi connectivity index (χ0) is 21.6. The first kappa shape index (κ1) is 21.2. The van der Waals surface area contributed by atoms with Gasteiger partial charge >= 0.3 is 0 Å². The molecule has 1 aromatic heterocycles. The molecule has 0 bridgehead atoms. The van der Waals surface area contributed by atoms with E-state index in [2.05, 4.69) is 19.7 Å². The highest BCUT2D eigenvalue weighted by Gasteiger charge is 2.22. The molecule has 0 atom stereocenters. The highest BCUT2D eigenvalue weighted by atomic mass is 32.2. The molecule has 1 fully saturated rings. The van der Waals surface area contributed by atoms with Gasteiger partial charge in [-0.25, -0.2) is 0 Å². The first-order valence-corrected chi connectivity index (χ1v) is 11.3. The van der Waals surface area contributed by atoms with Crippen molar-refractivity contribution in [2.75, 3.05) is 38.0 Å². The molecule has 2 heterocycles. The van der Waals surface area contributed by atoms with Crippen LogP contribution in [0.2, 0.25) is 0 Å². The summed E-state index contributed by atoms with van der Waals surface area (Å²) in [7, 11) is 3.14. The highest BCUT2D eigenvalue weighted by molar-refractivity contribution is 7.99. The van der Waals surface area contributed by atoms with E-state index < -0.39 is 0 Å². The Morgan fingerprint density at radius 2 is 1.77 bits per heavy atom. The smallest absolute Gasteiger partial charge is 0.232 e.